The van der Waals surface area contributed by atoms with E-state index in [0.717, 1.165) is 12.0 Å². The lowest BCUT2D eigenvalue weighted by Gasteiger charge is -2.21. The summed E-state index contributed by atoms with van der Waals surface area (Å²) in [5.41, 5.74) is 1.85. The number of hydrogen-bond donors (Lipinski definition) is 2. The SMILES string of the molecule is CC(=O)Oc1cccc(C(=O)Nc2ccccc2CNC(=O)CCC2CCCCC2)c1. The second-order valence-electron chi connectivity index (χ2n) is 8.05. The van der Waals surface area contributed by atoms with Crippen LogP contribution in [0.3, 0.4) is 0 Å². The summed E-state index contributed by atoms with van der Waals surface area (Å²) in [5, 5.41) is 5.86. The van der Waals surface area contributed by atoms with Crippen LogP contribution in [0.5, 0.6) is 5.75 Å². The highest BCUT2D eigenvalue weighted by atomic mass is 16.5. The molecule has 0 aliphatic heterocycles. The summed E-state index contributed by atoms with van der Waals surface area (Å²) in [7, 11) is 0. The average molecular weight is 423 g/mol. The molecule has 0 heterocycles. The quantitative estimate of drug-likeness (QED) is 0.471. The molecule has 2 N–H and O–H groups in total. The van der Waals surface area contributed by atoms with Gasteiger partial charge in [-0.15, -0.1) is 0 Å². The zero-order chi connectivity index (χ0) is 22.1. The first-order valence-corrected chi connectivity index (χ1v) is 11.0. The highest BCUT2D eigenvalue weighted by Crippen LogP contribution is 2.27. The number of ether oxygens (including phenoxy) is 1. The summed E-state index contributed by atoms with van der Waals surface area (Å²) in [5.74, 6) is 0.278. The van der Waals surface area contributed by atoms with Gasteiger partial charge < -0.3 is 15.4 Å². The lowest BCUT2D eigenvalue weighted by Crippen LogP contribution is -2.24. The molecule has 1 aliphatic rings. The number of anilines is 1. The molecule has 6 heteroatoms. The maximum Gasteiger partial charge on any atom is 0.308 e. The average Bonchev–Trinajstić information content (AvgIpc) is 2.77. The van der Waals surface area contributed by atoms with E-state index < -0.39 is 5.97 Å². The zero-order valence-corrected chi connectivity index (χ0v) is 18.0. The van der Waals surface area contributed by atoms with Crippen molar-refractivity contribution in [2.45, 2.75) is 58.4 Å². The zero-order valence-electron chi connectivity index (χ0n) is 18.0. The third kappa shape index (κ3) is 7.24. The third-order valence-corrected chi connectivity index (χ3v) is 5.60. The Morgan fingerprint density at radius 1 is 1.00 bits per heavy atom. The Bertz CT molecular complexity index is 919. The Morgan fingerprint density at radius 3 is 2.55 bits per heavy atom. The lowest BCUT2D eigenvalue weighted by atomic mass is 9.86. The van der Waals surface area contributed by atoms with Crippen molar-refractivity contribution in [2.75, 3.05) is 5.32 Å². The molecule has 1 aliphatic carbocycles. The highest BCUT2D eigenvalue weighted by molar-refractivity contribution is 6.05. The van der Waals surface area contributed by atoms with Gasteiger partial charge in [0.25, 0.3) is 5.91 Å². The Hall–Kier alpha value is -3.15. The number of benzene rings is 2. The summed E-state index contributed by atoms with van der Waals surface area (Å²) in [6, 6.07) is 13.8. The highest BCUT2D eigenvalue weighted by Gasteiger charge is 2.15. The van der Waals surface area contributed by atoms with E-state index in [-0.39, 0.29) is 11.8 Å². The molecule has 1 fully saturated rings. The van der Waals surface area contributed by atoms with Gasteiger partial charge in [0, 0.05) is 31.1 Å². The molecule has 6 nitrogen and oxygen atoms in total. The van der Waals surface area contributed by atoms with Crippen molar-refractivity contribution in [3.05, 3.63) is 59.7 Å². The minimum absolute atomic E-state index is 0.0424. The van der Waals surface area contributed by atoms with Crippen LogP contribution in [0.15, 0.2) is 48.5 Å². The van der Waals surface area contributed by atoms with Crippen LogP contribution in [0, 0.1) is 5.92 Å². The first-order valence-electron chi connectivity index (χ1n) is 11.0. The van der Waals surface area contributed by atoms with Crippen LogP contribution < -0.4 is 15.4 Å². The van der Waals surface area contributed by atoms with E-state index in [1.54, 1.807) is 24.3 Å². The Kier molecular flexibility index (Phi) is 8.21. The van der Waals surface area contributed by atoms with Gasteiger partial charge in [-0.3, -0.25) is 14.4 Å². The predicted octanol–water partition coefficient (Wildman–Crippen LogP) is 4.84. The first-order chi connectivity index (χ1) is 15.0. The second kappa shape index (κ2) is 11.3. The van der Waals surface area contributed by atoms with Crippen LogP contribution >= 0.6 is 0 Å². The molecule has 2 aromatic carbocycles. The fourth-order valence-electron chi connectivity index (χ4n) is 3.95. The van der Waals surface area contributed by atoms with Gasteiger partial charge in [-0.1, -0.05) is 56.4 Å². The van der Waals surface area contributed by atoms with Crippen LogP contribution in [0.2, 0.25) is 0 Å². The molecule has 2 aromatic rings. The molecule has 0 atom stereocenters. The van der Waals surface area contributed by atoms with Gasteiger partial charge in [-0.25, -0.2) is 0 Å². The van der Waals surface area contributed by atoms with Gasteiger partial charge in [-0.05, 0) is 42.2 Å². The largest absolute Gasteiger partial charge is 0.427 e. The molecular weight excluding hydrogens is 392 g/mol. The number of hydrogen-bond acceptors (Lipinski definition) is 4. The normalized spacial score (nSPS) is 14.0. The second-order valence-corrected chi connectivity index (χ2v) is 8.05. The van der Waals surface area contributed by atoms with Gasteiger partial charge in [0.1, 0.15) is 5.75 Å². The van der Waals surface area contributed by atoms with Gasteiger partial charge in [0.15, 0.2) is 0 Å². The van der Waals surface area contributed by atoms with Crippen LogP contribution in [0.4, 0.5) is 5.69 Å². The number of carbonyl (C=O) groups is 3. The summed E-state index contributed by atoms with van der Waals surface area (Å²) >= 11 is 0. The minimum atomic E-state index is -0.442. The summed E-state index contributed by atoms with van der Waals surface area (Å²) in [4.78, 5) is 36.1. The molecule has 0 unspecified atom stereocenters. The smallest absolute Gasteiger partial charge is 0.308 e. The Balaban J connectivity index is 1.55. The fraction of sp³-hybridized carbons (Fsp3) is 0.400. The number of esters is 1. The molecule has 3 rings (SSSR count). The van der Waals surface area contributed by atoms with E-state index in [9.17, 15) is 14.4 Å². The van der Waals surface area contributed by atoms with Crippen molar-refractivity contribution in [1.82, 2.24) is 5.32 Å². The molecule has 2 amide bonds. The first kappa shape index (κ1) is 22.5. The number of carbonyl (C=O) groups excluding carboxylic acids is 3. The maximum absolute atomic E-state index is 12.7. The third-order valence-electron chi connectivity index (χ3n) is 5.60. The molecule has 0 bridgehead atoms. The summed E-state index contributed by atoms with van der Waals surface area (Å²) in [6.07, 6.45) is 7.85. The van der Waals surface area contributed by atoms with Gasteiger partial charge in [-0.2, -0.15) is 0 Å². The predicted molar refractivity (Wildman–Crippen MR) is 120 cm³/mol. The number of nitrogens with one attached hydrogen (secondary N) is 2. The molecular formula is C25H30N2O4. The van der Waals surface area contributed by atoms with Crippen molar-refractivity contribution < 1.29 is 19.1 Å². The topological polar surface area (TPSA) is 84.5 Å². The van der Waals surface area contributed by atoms with Crippen LogP contribution in [0.25, 0.3) is 0 Å². The summed E-state index contributed by atoms with van der Waals surface area (Å²) in [6.45, 7) is 1.67. The van der Waals surface area contributed by atoms with Crippen LogP contribution in [-0.2, 0) is 16.1 Å². The van der Waals surface area contributed by atoms with E-state index >= 15 is 0 Å². The van der Waals surface area contributed by atoms with E-state index in [4.69, 9.17) is 4.74 Å². The number of para-hydroxylation sites is 1. The van der Waals surface area contributed by atoms with Crippen LogP contribution in [0.1, 0.15) is 67.8 Å². The van der Waals surface area contributed by atoms with Gasteiger partial charge in [0.05, 0.1) is 0 Å². The minimum Gasteiger partial charge on any atom is -0.427 e. The van der Waals surface area contributed by atoms with E-state index in [2.05, 4.69) is 10.6 Å². The van der Waals surface area contributed by atoms with Crippen molar-refractivity contribution in [3.63, 3.8) is 0 Å². The lowest BCUT2D eigenvalue weighted by molar-refractivity contribution is -0.131. The van der Waals surface area contributed by atoms with Gasteiger partial charge >= 0.3 is 5.97 Å². The van der Waals surface area contributed by atoms with Crippen molar-refractivity contribution in [1.29, 1.82) is 0 Å². The van der Waals surface area contributed by atoms with E-state index in [0.29, 0.717) is 35.9 Å². The van der Waals surface area contributed by atoms with Crippen molar-refractivity contribution in [3.8, 4) is 5.75 Å². The fourth-order valence-corrected chi connectivity index (χ4v) is 3.95. The van der Waals surface area contributed by atoms with Crippen molar-refractivity contribution >= 4 is 23.5 Å². The Morgan fingerprint density at radius 2 is 1.77 bits per heavy atom. The molecule has 1 saturated carbocycles. The molecule has 0 spiro atoms. The molecule has 0 saturated heterocycles. The number of amides is 2. The molecule has 164 valence electrons. The summed E-state index contributed by atoms with van der Waals surface area (Å²) < 4.78 is 5.04. The monoisotopic (exact) mass is 422 g/mol. The van der Waals surface area contributed by atoms with E-state index in [1.807, 2.05) is 18.2 Å². The molecule has 0 radical (unpaired) electrons. The number of rotatable bonds is 8. The van der Waals surface area contributed by atoms with E-state index in [1.165, 1.54) is 45.1 Å². The van der Waals surface area contributed by atoms with Gasteiger partial charge in [0.2, 0.25) is 5.91 Å². The standard InChI is InChI=1S/C25H30N2O4/c1-18(28)31-22-12-7-11-20(16-22)25(30)27-23-13-6-5-10-21(23)17-26-24(29)15-14-19-8-3-2-4-9-19/h5-7,10-13,16,19H,2-4,8-9,14-15,17H2,1H3,(H,26,29)(H,27,30). The molecule has 31 heavy (non-hydrogen) atoms. The van der Waals surface area contributed by atoms with Crippen LogP contribution in [-0.4, -0.2) is 17.8 Å². The molecule has 0 aromatic heterocycles. The van der Waals surface area contributed by atoms with Crippen molar-refractivity contribution in [2.24, 2.45) is 5.92 Å². The maximum atomic E-state index is 12.7. The Labute approximate surface area is 183 Å².